The van der Waals surface area contributed by atoms with Crippen molar-refractivity contribution >= 4 is 0 Å². The molecule has 0 radical (unpaired) electrons. The molecule has 1 aromatic rings. The maximum absolute atomic E-state index is 14.4. The molecule has 0 bridgehead atoms. The number of aliphatic hydroxyl groups excluding tert-OH is 1. The van der Waals surface area contributed by atoms with Crippen molar-refractivity contribution in [2.75, 3.05) is 0 Å². The van der Waals surface area contributed by atoms with Crippen molar-refractivity contribution in [1.82, 2.24) is 0 Å². The Hall–Kier alpha value is -1.45. The summed E-state index contributed by atoms with van der Waals surface area (Å²) >= 11 is 0. The second-order valence-electron chi connectivity index (χ2n) is 5.87. The van der Waals surface area contributed by atoms with Gasteiger partial charge in [0.05, 0.1) is 6.10 Å². The van der Waals surface area contributed by atoms with Gasteiger partial charge in [0.15, 0.2) is 0 Å². The molecule has 1 unspecified atom stereocenters. The number of alkyl halides is 9. The zero-order valence-electron chi connectivity index (χ0n) is 12.6. The summed E-state index contributed by atoms with van der Waals surface area (Å²) in [6.07, 6.45) is -4.57. The molecule has 10 heteroatoms. The molecule has 0 aromatic heterocycles. The lowest BCUT2D eigenvalue weighted by atomic mass is 9.86. The summed E-state index contributed by atoms with van der Waals surface area (Å²) in [5.74, 6) is -26.0. The highest BCUT2D eigenvalue weighted by Gasteiger charge is 3.00. The highest BCUT2D eigenvalue weighted by molar-refractivity contribution is 5.32. The van der Waals surface area contributed by atoms with Gasteiger partial charge in [0.25, 0.3) is 5.67 Å². The molecule has 2 rings (SSSR count). The molecule has 1 aromatic carbocycles. The summed E-state index contributed by atoms with van der Waals surface area (Å²) in [4.78, 5) is 0. The molecule has 0 heterocycles. The number of hydrogen-bond acceptors (Lipinski definition) is 1. The molecule has 25 heavy (non-hydrogen) atoms. The third kappa shape index (κ3) is 2.22. The van der Waals surface area contributed by atoms with Crippen LogP contribution in [0.5, 0.6) is 0 Å². The molecular formula is C15H13F9O. The summed E-state index contributed by atoms with van der Waals surface area (Å²) < 4.78 is 122. The molecule has 0 aliphatic heterocycles. The van der Waals surface area contributed by atoms with Gasteiger partial charge in [-0.3, -0.25) is 0 Å². The van der Waals surface area contributed by atoms with Gasteiger partial charge >= 0.3 is 23.7 Å². The van der Waals surface area contributed by atoms with Crippen LogP contribution < -0.4 is 0 Å². The Bertz CT molecular complexity index is 630. The van der Waals surface area contributed by atoms with E-state index in [9.17, 15) is 44.6 Å². The minimum Gasteiger partial charge on any atom is -0.388 e. The van der Waals surface area contributed by atoms with Crippen LogP contribution in [0.4, 0.5) is 39.5 Å². The first-order chi connectivity index (χ1) is 11.2. The van der Waals surface area contributed by atoms with Crippen LogP contribution in [0.2, 0.25) is 0 Å². The van der Waals surface area contributed by atoms with Crippen molar-refractivity contribution in [3.05, 3.63) is 35.4 Å². The molecular weight excluding hydrogens is 367 g/mol. The highest BCUT2D eigenvalue weighted by Crippen LogP contribution is 2.70. The van der Waals surface area contributed by atoms with E-state index in [1.807, 2.05) is 0 Å². The van der Waals surface area contributed by atoms with E-state index < -0.39 is 41.9 Å². The number of hydrogen-bond donors (Lipinski definition) is 1. The molecule has 1 saturated carbocycles. The molecule has 0 amide bonds. The first kappa shape index (κ1) is 19.9. The Balaban J connectivity index is 2.53. The van der Waals surface area contributed by atoms with Gasteiger partial charge in [0, 0.05) is 6.42 Å². The highest BCUT2D eigenvalue weighted by atomic mass is 19.4. The molecule has 0 saturated heterocycles. The van der Waals surface area contributed by atoms with E-state index >= 15 is 0 Å². The zero-order valence-corrected chi connectivity index (χ0v) is 12.6. The Morgan fingerprint density at radius 3 is 1.68 bits per heavy atom. The van der Waals surface area contributed by atoms with Gasteiger partial charge in [0.2, 0.25) is 0 Å². The van der Waals surface area contributed by atoms with Gasteiger partial charge in [-0.25, -0.2) is 4.39 Å². The Morgan fingerprint density at radius 1 is 0.800 bits per heavy atom. The standard InChI is InChI=1S/C15H13F9O/c1-2-8-5-3-4-6-9(8)10(25)7-11(16)12(17,18)14(21,22)15(23,24)13(11,19)20/h3-6,10,25H,2,7H2,1H3. The van der Waals surface area contributed by atoms with E-state index in [2.05, 4.69) is 0 Å². The van der Waals surface area contributed by atoms with Crippen molar-refractivity contribution in [3.8, 4) is 0 Å². The van der Waals surface area contributed by atoms with Crippen molar-refractivity contribution in [2.24, 2.45) is 0 Å². The number of rotatable bonds is 4. The third-order valence-corrected chi connectivity index (χ3v) is 4.45. The van der Waals surface area contributed by atoms with Crippen LogP contribution in [0.1, 0.15) is 30.6 Å². The van der Waals surface area contributed by atoms with Gasteiger partial charge in [-0.05, 0) is 17.5 Å². The van der Waals surface area contributed by atoms with Crippen LogP contribution in [-0.2, 0) is 6.42 Å². The number of halogens is 9. The lowest BCUT2D eigenvalue weighted by Crippen LogP contribution is -2.55. The fraction of sp³-hybridized carbons (Fsp3) is 0.600. The topological polar surface area (TPSA) is 20.2 Å². The van der Waals surface area contributed by atoms with Gasteiger partial charge in [-0.1, -0.05) is 31.2 Å². The third-order valence-electron chi connectivity index (χ3n) is 4.45. The Kier molecular flexibility index (Phi) is 4.39. The SMILES string of the molecule is CCc1ccccc1C(O)CC1(F)C(F)(F)C(F)(F)C(F)(F)C1(F)F. The average molecular weight is 380 g/mol. The van der Waals surface area contributed by atoms with E-state index in [-0.39, 0.29) is 17.5 Å². The molecule has 1 aliphatic rings. The van der Waals surface area contributed by atoms with Crippen molar-refractivity contribution in [2.45, 2.75) is 55.2 Å². The Labute approximate surface area is 136 Å². The largest absolute Gasteiger partial charge is 0.388 e. The maximum Gasteiger partial charge on any atom is 0.381 e. The monoisotopic (exact) mass is 380 g/mol. The summed E-state index contributed by atoms with van der Waals surface area (Å²) in [6.45, 7) is 1.54. The predicted molar refractivity (Wildman–Crippen MR) is 69.0 cm³/mol. The fourth-order valence-electron chi connectivity index (χ4n) is 2.90. The van der Waals surface area contributed by atoms with Gasteiger partial charge < -0.3 is 5.11 Å². The normalized spacial score (nSPS) is 26.4. The van der Waals surface area contributed by atoms with Crippen LogP contribution in [0.25, 0.3) is 0 Å². The maximum atomic E-state index is 14.4. The summed E-state index contributed by atoms with van der Waals surface area (Å²) in [6, 6.07) is 5.14. The van der Waals surface area contributed by atoms with Gasteiger partial charge in [-0.15, -0.1) is 0 Å². The second-order valence-corrected chi connectivity index (χ2v) is 5.87. The van der Waals surface area contributed by atoms with Crippen LogP contribution >= 0.6 is 0 Å². The minimum absolute atomic E-state index is 0.172. The van der Waals surface area contributed by atoms with Crippen LogP contribution in [0.3, 0.4) is 0 Å². The van der Waals surface area contributed by atoms with Crippen LogP contribution in [-0.4, -0.2) is 34.5 Å². The van der Waals surface area contributed by atoms with Crippen molar-refractivity contribution < 1.29 is 44.6 Å². The van der Waals surface area contributed by atoms with E-state index in [0.29, 0.717) is 0 Å². The first-order valence-electron chi connectivity index (χ1n) is 7.15. The van der Waals surface area contributed by atoms with E-state index in [4.69, 9.17) is 0 Å². The van der Waals surface area contributed by atoms with Gasteiger partial charge in [0.1, 0.15) is 0 Å². The summed E-state index contributed by atoms with van der Waals surface area (Å²) in [7, 11) is 0. The number of aryl methyl sites for hydroxylation is 1. The molecule has 142 valence electrons. The second kappa shape index (κ2) is 5.52. The van der Waals surface area contributed by atoms with Gasteiger partial charge in [-0.2, -0.15) is 35.1 Å². The Morgan fingerprint density at radius 2 is 1.24 bits per heavy atom. The fourth-order valence-corrected chi connectivity index (χ4v) is 2.90. The average Bonchev–Trinajstić information content (AvgIpc) is 2.57. The lowest BCUT2D eigenvalue weighted by molar-refractivity contribution is -0.303. The smallest absolute Gasteiger partial charge is 0.381 e. The molecule has 1 fully saturated rings. The molecule has 1 nitrogen and oxygen atoms in total. The van der Waals surface area contributed by atoms with Crippen LogP contribution in [0.15, 0.2) is 24.3 Å². The van der Waals surface area contributed by atoms with Crippen LogP contribution in [0, 0.1) is 0 Å². The molecule has 1 atom stereocenters. The predicted octanol–water partition coefficient (Wildman–Crippen LogP) is 4.94. The number of aliphatic hydroxyl groups is 1. The lowest BCUT2D eigenvalue weighted by Gasteiger charge is -2.33. The van der Waals surface area contributed by atoms with Crippen molar-refractivity contribution in [3.63, 3.8) is 0 Å². The van der Waals surface area contributed by atoms with Crippen molar-refractivity contribution in [1.29, 1.82) is 0 Å². The zero-order chi connectivity index (χ0) is 19.5. The molecule has 1 aliphatic carbocycles. The van der Waals surface area contributed by atoms with E-state index in [1.165, 1.54) is 25.1 Å². The first-order valence-corrected chi connectivity index (χ1v) is 7.15. The quantitative estimate of drug-likeness (QED) is 0.734. The van der Waals surface area contributed by atoms with E-state index in [0.717, 1.165) is 6.07 Å². The summed E-state index contributed by atoms with van der Waals surface area (Å²) in [5, 5.41) is 9.87. The molecule has 0 spiro atoms. The summed E-state index contributed by atoms with van der Waals surface area (Å²) in [5.41, 5.74) is -5.69. The van der Waals surface area contributed by atoms with E-state index in [1.54, 1.807) is 0 Å². The molecule has 1 N–H and O–H groups in total. The minimum atomic E-state index is -6.62. The number of benzene rings is 1.